The molecule has 2 heterocycles. The lowest BCUT2D eigenvalue weighted by Gasteiger charge is -2.39. The van der Waals surface area contributed by atoms with Crippen LogP contribution in [0.3, 0.4) is 0 Å². The topological polar surface area (TPSA) is 59.1 Å². The van der Waals surface area contributed by atoms with E-state index in [-0.39, 0.29) is 6.03 Å². The molecule has 2 fully saturated rings. The molecule has 0 bridgehead atoms. The number of anilines is 1. The predicted octanol–water partition coefficient (Wildman–Crippen LogP) is 0.539. The number of nitrogens with zero attached hydrogens (tertiary/aromatic N) is 3. The van der Waals surface area contributed by atoms with Crippen LogP contribution in [0.25, 0.3) is 0 Å². The van der Waals surface area contributed by atoms with Gasteiger partial charge in [-0.15, -0.1) is 0 Å². The molecule has 6 heteroatoms. The van der Waals surface area contributed by atoms with Gasteiger partial charge in [0.2, 0.25) is 0 Å². The summed E-state index contributed by atoms with van der Waals surface area (Å²) in [6.07, 6.45) is 0. The highest BCUT2D eigenvalue weighted by Gasteiger charge is 2.26. The number of para-hydroxylation sites is 2. The molecule has 2 saturated heterocycles. The second-order valence-corrected chi connectivity index (χ2v) is 5.48. The SMILES string of the molecule is O=C(N1CCNCC1)N1CCN(c2ccccc2O)CC1. The first-order chi connectivity index (χ1) is 10.3. The van der Waals surface area contributed by atoms with E-state index in [0.29, 0.717) is 18.8 Å². The molecule has 1 aromatic rings. The summed E-state index contributed by atoms with van der Waals surface area (Å²) in [5, 5.41) is 13.2. The smallest absolute Gasteiger partial charge is 0.320 e. The van der Waals surface area contributed by atoms with E-state index in [4.69, 9.17) is 0 Å². The summed E-state index contributed by atoms with van der Waals surface area (Å²) < 4.78 is 0. The van der Waals surface area contributed by atoms with Gasteiger partial charge in [0.05, 0.1) is 5.69 Å². The van der Waals surface area contributed by atoms with Crippen LogP contribution in [0, 0.1) is 0 Å². The number of benzene rings is 1. The molecule has 2 aliphatic heterocycles. The van der Waals surface area contributed by atoms with Gasteiger partial charge in [0.25, 0.3) is 0 Å². The first-order valence-corrected chi connectivity index (χ1v) is 7.53. The van der Waals surface area contributed by atoms with E-state index in [9.17, 15) is 9.90 Å². The molecular formula is C15H22N4O2. The van der Waals surface area contributed by atoms with Gasteiger partial charge < -0.3 is 25.1 Å². The molecule has 2 aliphatic rings. The van der Waals surface area contributed by atoms with Crippen LogP contribution in [0.1, 0.15) is 0 Å². The largest absolute Gasteiger partial charge is 0.506 e. The molecule has 0 aliphatic carbocycles. The van der Waals surface area contributed by atoms with Crippen molar-refractivity contribution in [2.45, 2.75) is 0 Å². The number of hydrogen-bond donors (Lipinski definition) is 2. The Morgan fingerprint density at radius 3 is 2.24 bits per heavy atom. The maximum atomic E-state index is 12.4. The molecule has 21 heavy (non-hydrogen) atoms. The van der Waals surface area contributed by atoms with Gasteiger partial charge in [-0.25, -0.2) is 4.79 Å². The Balaban J connectivity index is 1.57. The van der Waals surface area contributed by atoms with Crippen molar-refractivity contribution >= 4 is 11.7 Å². The Labute approximate surface area is 124 Å². The standard InChI is InChI=1S/C15H22N4O2/c20-14-4-2-1-3-13(14)17-9-11-19(12-10-17)15(21)18-7-5-16-6-8-18/h1-4,16,20H,5-12H2. The van der Waals surface area contributed by atoms with Crippen molar-refractivity contribution < 1.29 is 9.90 Å². The van der Waals surface area contributed by atoms with Crippen LogP contribution in [0.2, 0.25) is 0 Å². The molecule has 2 N–H and O–H groups in total. The van der Waals surface area contributed by atoms with Crippen LogP contribution in [0.15, 0.2) is 24.3 Å². The minimum Gasteiger partial charge on any atom is -0.506 e. The quantitative estimate of drug-likeness (QED) is 0.792. The average Bonchev–Trinajstić information content (AvgIpc) is 2.56. The minimum atomic E-state index is 0.147. The first kappa shape index (κ1) is 14.0. The molecule has 1 aromatic carbocycles. The highest BCUT2D eigenvalue weighted by atomic mass is 16.3. The minimum absolute atomic E-state index is 0.147. The summed E-state index contributed by atoms with van der Waals surface area (Å²) in [6.45, 7) is 6.27. The zero-order valence-corrected chi connectivity index (χ0v) is 12.2. The zero-order valence-electron chi connectivity index (χ0n) is 12.2. The molecule has 0 unspecified atom stereocenters. The van der Waals surface area contributed by atoms with Crippen LogP contribution in [-0.2, 0) is 0 Å². The first-order valence-electron chi connectivity index (χ1n) is 7.53. The van der Waals surface area contributed by atoms with Crippen molar-refractivity contribution in [3.8, 4) is 5.75 Å². The van der Waals surface area contributed by atoms with E-state index in [2.05, 4.69) is 10.2 Å². The Morgan fingerprint density at radius 1 is 0.952 bits per heavy atom. The normalized spacial score (nSPS) is 19.7. The number of hydrogen-bond acceptors (Lipinski definition) is 4. The summed E-state index contributed by atoms with van der Waals surface area (Å²) in [5.74, 6) is 0.305. The number of aromatic hydroxyl groups is 1. The number of phenolic OH excluding ortho intramolecular Hbond substituents is 1. The van der Waals surface area contributed by atoms with Crippen molar-refractivity contribution in [1.82, 2.24) is 15.1 Å². The number of carbonyl (C=O) groups excluding carboxylic acids is 1. The summed E-state index contributed by atoms with van der Waals surface area (Å²) in [7, 11) is 0. The van der Waals surface area contributed by atoms with E-state index in [1.165, 1.54) is 0 Å². The van der Waals surface area contributed by atoms with E-state index in [0.717, 1.165) is 45.0 Å². The maximum absolute atomic E-state index is 12.4. The summed E-state index contributed by atoms with van der Waals surface area (Å²) in [5.41, 5.74) is 0.853. The Bertz CT molecular complexity index is 494. The summed E-state index contributed by atoms with van der Waals surface area (Å²) >= 11 is 0. The molecule has 2 amide bonds. The monoisotopic (exact) mass is 290 g/mol. The van der Waals surface area contributed by atoms with Crippen molar-refractivity contribution in [3.05, 3.63) is 24.3 Å². The van der Waals surface area contributed by atoms with Crippen molar-refractivity contribution in [1.29, 1.82) is 0 Å². The van der Waals surface area contributed by atoms with Crippen LogP contribution < -0.4 is 10.2 Å². The Morgan fingerprint density at radius 2 is 1.57 bits per heavy atom. The molecule has 3 rings (SSSR count). The van der Waals surface area contributed by atoms with Gasteiger partial charge in [-0.1, -0.05) is 12.1 Å². The second-order valence-electron chi connectivity index (χ2n) is 5.48. The lowest BCUT2D eigenvalue weighted by Crippen LogP contribution is -2.56. The molecule has 0 saturated carbocycles. The fourth-order valence-corrected chi connectivity index (χ4v) is 2.93. The fraction of sp³-hybridized carbons (Fsp3) is 0.533. The van der Waals surface area contributed by atoms with Crippen molar-refractivity contribution in [2.75, 3.05) is 57.3 Å². The Hall–Kier alpha value is -1.95. The maximum Gasteiger partial charge on any atom is 0.320 e. The molecule has 0 radical (unpaired) electrons. The molecule has 6 nitrogen and oxygen atoms in total. The van der Waals surface area contributed by atoms with Gasteiger partial charge in [0.15, 0.2) is 0 Å². The van der Waals surface area contributed by atoms with Crippen LogP contribution in [0.5, 0.6) is 5.75 Å². The van der Waals surface area contributed by atoms with Gasteiger partial charge in [0.1, 0.15) is 5.75 Å². The van der Waals surface area contributed by atoms with Crippen molar-refractivity contribution in [2.24, 2.45) is 0 Å². The number of piperazine rings is 2. The third kappa shape index (κ3) is 3.05. The molecule has 0 aromatic heterocycles. The third-order valence-electron chi connectivity index (χ3n) is 4.16. The number of rotatable bonds is 1. The van der Waals surface area contributed by atoms with Crippen LogP contribution in [0.4, 0.5) is 10.5 Å². The van der Waals surface area contributed by atoms with Crippen molar-refractivity contribution in [3.63, 3.8) is 0 Å². The number of nitrogens with one attached hydrogen (secondary N) is 1. The summed E-state index contributed by atoms with van der Waals surface area (Å²) in [6, 6.07) is 7.51. The zero-order chi connectivity index (χ0) is 14.7. The van der Waals surface area contributed by atoms with E-state index in [1.54, 1.807) is 6.07 Å². The molecule has 114 valence electrons. The van der Waals surface area contributed by atoms with E-state index >= 15 is 0 Å². The second kappa shape index (κ2) is 6.22. The third-order valence-corrected chi connectivity index (χ3v) is 4.16. The predicted molar refractivity (Wildman–Crippen MR) is 81.7 cm³/mol. The van der Waals surface area contributed by atoms with E-state index < -0.39 is 0 Å². The van der Waals surface area contributed by atoms with Gasteiger partial charge >= 0.3 is 6.03 Å². The fourth-order valence-electron chi connectivity index (χ4n) is 2.93. The number of urea groups is 1. The number of carbonyl (C=O) groups is 1. The van der Waals surface area contributed by atoms with Crippen LogP contribution >= 0.6 is 0 Å². The highest BCUT2D eigenvalue weighted by Crippen LogP contribution is 2.27. The Kier molecular flexibility index (Phi) is 4.15. The molecule has 0 spiro atoms. The van der Waals surface area contributed by atoms with Gasteiger partial charge in [-0.3, -0.25) is 0 Å². The number of amides is 2. The number of phenols is 1. The van der Waals surface area contributed by atoms with Gasteiger partial charge in [0, 0.05) is 52.4 Å². The molecule has 0 atom stereocenters. The van der Waals surface area contributed by atoms with Gasteiger partial charge in [-0.05, 0) is 12.1 Å². The summed E-state index contributed by atoms with van der Waals surface area (Å²) in [4.78, 5) is 18.4. The highest BCUT2D eigenvalue weighted by molar-refractivity contribution is 5.75. The lowest BCUT2D eigenvalue weighted by atomic mass is 10.2. The van der Waals surface area contributed by atoms with Crippen LogP contribution in [-0.4, -0.2) is 73.3 Å². The average molecular weight is 290 g/mol. The molecular weight excluding hydrogens is 268 g/mol. The lowest BCUT2D eigenvalue weighted by molar-refractivity contribution is 0.144. The van der Waals surface area contributed by atoms with E-state index in [1.807, 2.05) is 28.0 Å². The van der Waals surface area contributed by atoms with Gasteiger partial charge in [-0.2, -0.15) is 0 Å².